The van der Waals surface area contributed by atoms with E-state index < -0.39 is 0 Å². The van der Waals surface area contributed by atoms with Crippen LogP contribution in [0.3, 0.4) is 0 Å². The molecule has 1 atom stereocenters. The smallest absolute Gasteiger partial charge is 0.124 e. The van der Waals surface area contributed by atoms with Crippen LogP contribution in [0.25, 0.3) is 0 Å². The fraction of sp³-hybridized carbons (Fsp3) is 0.400. The Morgan fingerprint density at radius 1 is 1.00 bits per heavy atom. The second-order valence-electron chi connectivity index (χ2n) is 6.36. The van der Waals surface area contributed by atoms with Crippen LogP contribution in [0.4, 0.5) is 5.69 Å². The van der Waals surface area contributed by atoms with Crippen molar-refractivity contribution in [3.05, 3.63) is 54.1 Å². The summed E-state index contributed by atoms with van der Waals surface area (Å²) in [6, 6.07) is 16.9. The molecule has 0 aliphatic carbocycles. The van der Waals surface area contributed by atoms with Crippen LogP contribution in [0.5, 0.6) is 11.5 Å². The van der Waals surface area contributed by atoms with Crippen molar-refractivity contribution in [3.8, 4) is 11.5 Å². The molecule has 1 heterocycles. The standard InChI is InChI=1S/C20H27N3O2/c1-24-19-10-17(11-20(12-19)25-2)23-9-8-22(18(13-21)15-23)14-16-6-4-3-5-7-16/h3-7,10-12,18H,8-9,13-15,21H2,1-2H3. The number of rotatable bonds is 6. The number of hydrogen-bond donors (Lipinski definition) is 1. The number of ether oxygens (including phenoxy) is 2. The van der Waals surface area contributed by atoms with Crippen LogP contribution in [0.1, 0.15) is 5.56 Å². The molecule has 0 bridgehead atoms. The first-order valence-corrected chi connectivity index (χ1v) is 8.69. The topological polar surface area (TPSA) is 51.0 Å². The normalized spacial score (nSPS) is 18.2. The van der Waals surface area contributed by atoms with Crippen molar-refractivity contribution in [2.75, 3.05) is 45.3 Å². The van der Waals surface area contributed by atoms with Crippen molar-refractivity contribution in [2.24, 2.45) is 5.73 Å². The highest BCUT2D eigenvalue weighted by molar-refractivity contribution is 5.56. The first-order chi connectivity index (χ1) is 12.2. The number of hydrogen-bond acceptors (Lipinski definition) is 5. The van der Waals surface area contributed by atoms with Crippen LogP contribution < -0.4 is 20.1 Å². The van der Waals surface area contributed by atoms with Gasteiger partial charge in [0, 0.05) is 62.7 Å². The van der Waals surface area contributed by atoms with Gasteiger partial charge in [-0.1, -0.05) is 30.3 Å². The molecule has 1 saturated heterocycles. The van der Waals surface area contributed by atoms with Gasteiger partial charge in [-0.25, -0.2) is 0 Å². The molecule has 5 heteroatoms. The number of piperazine rings is 1. The predicted molar refractivity (Wildman–Crippen MR) is 101 cm³/mol. The molecule has 0 amide bonds. The van der Waals surface area contributed by atoms with E-state index in [0.29, 0.717) is 12.6 Å². The van der Waals surface area contributed by atoms with Gasteiger partial charge < -0.3 is 20.1 Å². The predicted octanol–water partition coefficient (Wildman–Crippen LogP) is 2.35. The molecule has 0 aromatic heterocycles. The molecule has 1 aliphatic heterocycles. The van der Waals surface area contributed by atoms with Gasteiger partial charge in [-0.15, -0.1) is 0 Å². The first kappa shape index (κ1) is 17.6. The Morgan fingerprint density at radius 2 is 1.68 bits per heavy atom. The molecule has 0 spiro atoms. The molecule has 134 valence electrons. The third-order valence-corrected chi connectivity index (χ3v) is 4.81. The van der Waals surface area contributed by atoms with Gasteiger partial charge in [0.2, 0.25) is 0 Å². The second-order valence-corrected chi connectivity index (χ2v) is 6.36. The van der Waals surface area contributed by atoms with Crippen LogP contribution >= 0.6 is 0 Å². The van der Waals surface area contributed by atoms with E-state index in [2.05, 4.69) is 52.3 Å². The lowest BCUT2D eigenvalue weighted by Crippen LogP contribution is -2.55. The summed E-state index contributed by atoms with van der Waals surface area (Å²) in [6.07, 6.45) is 0. The highest BCUT2D eigenvalue weighted by atomic mass is 16.5. The number of nitrogens with zero attached hydrogens (tertiary/aromatic N) is 2. The van der Waals surface area contributed by atoms with Gasteiger partial charge in [0.1, 0.15) is 11.5 Å². The molecule has 3 rings (SSSR count). The molecule has 25 heavy (non-hydrogen) atoms. The molecular weight excluding hydrogens is 314 g/mol. The Bertz CT molecular complexity index is 656. The highest BCUT2D eigenvalue weighted by Gasteiger charge is 2.26. The molecule has 1 aliphatic rings. The summed E-state index contributed by atoms with van der Waals surface area (Å²) < 4.78 is 10.8. The van der Waals surface area contributed by atoms with Crippen molar-refractivity contribution in [1.82, 2.24) is 4.90 Å². The van der Waals surface area contributed by atoms with Crippen molar-refractivity contribution in [1.29, 1.82) is 0 Å². The molecular formula is C20H27N3O2. The molecule has 0 saturated carbocycles. The minimum Gasteiger partial charge on any atom is -0.497 e. The van der Waals surface area contributed by atoms with E-state index in [4.69, 9.17) is 15.2 Å². The SMILES string of the molecule is COc1cc(OC)cc(N2CCN(Cc3ccccc3)C(CN)C2)c1. The highest BCUT2D eigenvalue weighted by Crippen LogP contribution is 2.30. The number of anilines is 1. The average molecular weight is 341 g/mol. The molecule has 5 nitrogen and oxygen atoms in total. The van der Waals surface area contributed by atoms with Gasteiger partial charge in [0.15, 0.2) is 0 Å². The summed E-state index contributed by atoms with van der Waals surface area (Å²) >= 11 is 0. The van der Waals surface area contributed by atoms with Crippen LogP contribution in [0.15, 0.2) is 48.5 Å². The summed E-state index contributed by atoms with van der Waals surface area (Å²) in [6.45, 7) is 4.43. The minimum absolute atomic E-state index is 0.325. The third kappa shape index (κ3) is 4.24. The second kappa shape index (κ2) is 8.23. The van der Waals surface area contributed by atoms with E-state index in [1.165, 1.54) is 5.56 Å². The van der Waals surface area contributed by atoms with Gasteiger partial charge in [-0.2, -0.15) is 0 Å². The Kier molecular flexibility index (Phi) is 5.79. The van der Waals surface area contributed by atoms with Crippen LogP contribution in [-0.2, 0) is 6.54 Å². The summed E-state index contributed by atoms with van der Waals surface area (Å²) in [5.41, 5.74) is 8.53. The molecule has 0 radical (unpaired) electrons. The van der Waals surface area contributed by atoms with Crippen LogP contribution in [0, 0.1) is 0 Å². The Balaban J connectivity index is 1.73. The van der Waals surface area contributed by atoms with Crippen molar-refractivity contribution in [3.63, 3.8) is 0 Å². The Labute approximate surface area is 149 Å². The van der Waals surface area contributed by atoms with E-state index in [0.717, 1.165) is 43.4 Å². The molecule has 2 aromatic carbocycles. The number of benzene rings is 2. The van der Waals surface area contributed by atoms with Crippen molar-refractivity contribution >= 4 is 5.69 Å². The Morgan fingerprint density at radius 3 is 2.28 bits per heavy atom. The fourth-order valence-corrected chi connectivity index (χ4v) is 3.35. The van der Waals surface area contributed by atoms with E-state index in [-0.39, 0.29) is 0 Å². The maximum atomic E-state index is 6.08. The van der Waals surface area contributed by atoms with E-state index in [1.54, 1.807) is 14.2 Å². The lowest BCUT2D eigenvalue weighted by Gasteiger charge is -2.42. The van der Waals surface area contributed by atoms with Crippen LogP contribution in [-0.4, -0.2) is 51.3 Å². The monoisotopic (exact) mass is 341 g/mol. The largest absolute Gasteiger partial charge is 0.497 e. The first-order valence-electron chi connectivity index (χ1n) is 8.69. The average Bonchev–Trinajstić information content (AvgIpc) is 2.68. The van der Waals surface area contributed by atoms with E-state index in [1.807, 2.05) is 6.07 Å². The number of methoxy groups -OCH3 is 2. The zero-order chi connectivity index (χ0) is 17.6. The van der Waals surface area contributed by atoms with Gasteiger partial charge >= 0.3 is 0 Å². The van der Waals surface area contributed by atoms with Gasteiger partial charge in [-0.3, -0.25) is 4.90 Å². The van der Waals surface area contributed by atoms with Gasteiger partial charge in [0.25, 0.3) is 0 Å². The summed E-state index contributed by atoms with van der Waals surface area (Å²) in [5.74, 6) is 1.62. The van der Waals surface area contributed by atoms with E-state index in [9.17, 15) is 0 Å². The maximum Gasteiger partial charge on any atom is 0.124 e. The minimum atomic E-state index is 0.325. The summed E-state index contributed by atoms with van der Waals surface area (Å²) in [4.78, 5) is 4.84. The fourth-order valence-electron chi connectivity index (χ4n) is 3.35. The summed E-state index contributed by atoms with van der Waals surface area (Å²) in [5, 5.41) is 0. The Hall–Kier alpha value is -2.24. The van der Waals surface area contributed by atoms with Gasteiger partial charge in [0.05, 0.1) is 14.2 Å². The van der Waals surface area contributed by atoms with Crippen molar-refractivity contribution in [2.45, 2.75) is 12.6 Å². The summed E-state index contributed by atoms with van der Waals surface area (Å²) in [7, 11) is 3.36. The van der Waals surface area contributed by atoms with Gasteiger partial charge in [-0.05, 0) is 5.56 Å². The molecule has 1 fully saturated rings. The maximum absolute atomic E-state index is 6.08. The van der Waals surface area contributed by atoms with Crippen molar-refractivity contribution < 1.29 is 9.47 Å². The zero-order valence-electron chi connectivity index (χ0n) is 15.0. The lowest BCUT2D eigenvalue weighted by atomic mass is 10.1. The lowest BCUT2D eigenvalue weighted by molar-refractivity contribution is 0.172. The van der Waals surface area contributed by atoms with E-state index >= 15 is 0 Å². The quantitative estimate of drug-likeness (QED) is 0.874. The number of nitrogens with two attached hydrogens (primary N) is 1. The molecule has 1 unspecified atom stereocenters. The third-order valence-electron chi connectivity index (χ3n) is 4.81. The zero-order valence-corrected chi connectivity index (χ0v) is 15.0. The van der Waals surface area contributed by atoms with Crippen LogP contribution in [0.2, 0.25) is 0 Å². The molecule has 2 N–H and O–H groups in total. The molecule has 2 aromatic rings.